The van der Waals surface area contributed by atoms with Crippen molar-refractivity contribution in [3.05, 3.63) is 42.5 Å². The first-order chi connectivity index (χ1) is 11.1. The second kappa shape index (κ2) is 7.30. The maximum atomic E-state index is 10.7. The van der Waals surface area contributed by atoms with Gasteiger partial charge in [0.2, 0.25) is 5.44 Å². The van der Waals surface area contributed by atoms with Crippen molar-refractivity contribution in [2.45, 2.75) is 28.7 Å². The van der Waals surface area contributed by atoms with E-state index in [2.05, 4.69) is 42.5 Å². The van der Waals surface area contributed by atoms with Crippen LogP contribution in [0.2, 0.25) is 0 Å². The third-order valence-electron chi connectivity index (χ3n) is 3.46. The van der Waals surface area contributed by atoms with Crippen molar-refractivity contribution in [3.63, 3.8) is 0 Å². The van der Waals surface area contributed by atoms with Gasteiger partial charge in [-0.05, 0) is 23.9 Å². The van der Waals surface area contributed by atoms with Crippen molar-refractivity contribution in [1.29, 1.82) is 0 Å². The van der Waals surface area contributed by atoms with Crippen molar-refractivity contribution < 1.29 is 31.2 Å². The van der Waals surface area contributed by atoms with E-state index in [9.17, 15) is 18.3 Å². The Hall–Kier alpha value is -1.29. The third-order valence-corrected chi connectivity index (χ3v) is 6.57. The van der Waals surface area contributed by atoms with Crippen molar-refractivity contribution in [3.8, 4) is 0 Å². The SMILES string of the molecule is O=S(=O)([O-])C(F)(F)F.OC1CCC[S+]1c1cccc2ccccc12. The number of fused-ring (bicyclic) bond motifs is 1. The van der Waals surface area contributed by atoms with Crippen LogP contribution in [0, 0.1) is 0 Å². The van der Waals surface area contributed by atoms with Gasteiger partial charge >= 0.3 is 5.51 Å². The molecule has 1 fully saturated rings. The summed E-state index contributed by atoms with van der Waals surface area (Å²) in [6.45, 7) is 0. The molecule has 0 aliphatic carbocycles. The van der Waals surface area contributed by atoms with Gasteiger partial charge in [-0.2, -0.15) is 13.2 Å². The fourth-order valence-electron chi connectivity index (χ4n) is 2.37. The number of benzene rings is 2. The van der Waals surface area contributed by atoms with Crippen LogP contribution >= 0.6 is 0 Å². The summed E-state index contributed by atoms with van der Waals surface area (Å²) >= 11 is 0. The number of aliphatic hydroxyl groups is 1. The average molecular weight is 380 g/mol. The summed E-state index contributed by atoms with van der Waals surface area (Å²) in [6.07, 6.45) is 2.12. The highest BCUT2D eigenvalue weighted by Crippen LogP contribution is 2.32. The molecule has 132 valence electrons. The summed E-state index contributed by atoms with van der Waals surface area (Å²) in [4.78, 5) is 1.35. The van der Waals surface area contributed by atoms with Crippen LogP contribution in [0.15, 0.2) is 47.4 Å². The molecule has 3 rings (SSSR count). The minimum atomic E-state index is -6.09. The summed E-state index contributed by atoms with van der Waals surface area (Å²) < 4.78 is 58.9. The van der Waals surface area contributed by atoms with Gasteiger partial charge in [0.1, 0.15) is 5.75 Å². The maximum Gasteiger partial charge on any atom is 0.485 e. The first-order valence-corrected chi connectivity index (χ1v) is 9.85. The summed E-state index contributed by atoms with van der Waals surface area (Å²) in [6, 6.07) is 14.9. The second-order valence-corrected chi connectivity index (χ2v) is 8.73. The Morgan fingerprint density at radius 2 is 1.71 bits per heavy atom. The van der Waals surface area contributed by atoms with Gasteiger partial charge in [0, 0.05) is 11.8 Å². The zero-order chi connectivity index (χ0) is 18.0. The highest BCUT2D eigenvalue weighted by atomic mass is 32.2. The van der Waals surface area contributed by atoms with E-state index in [1.165, 1.54) is 15.7 Å². The number of hydrogen-bond acceptors (Lipinski definition) is 4. The molecule has 2 aromatic rings. The monoisotopic (exact) mass is 380 g/mol. The first-order valence-electron chi connectivity index (χ1n) is 6.99. The van der Waals surface area contributed by atoms with Crippen molar-refractivity contribution in [2.75, 3.05) is 5.75 Å². The van der Waals surface area contributed by atoms with Crippen LogP contribution in [-0.2, 0) is 21.0 Å². The predicted octanol–water partition coefficient (Wildman–Crippen LogP) is 2.98. The molecular weight excluding hydrogens is 365 g/mol. The number of hydrogen-bond donors (Lipinski definition) is 1. The molecule has 2 unspecified atom stereocenters. The van der Waals surface area contributed by atoms with Crippen molar-refractivity contribution in [1.82, 2.24) is 0 Å². The van der Waals surface area contributed by atoms with E-state index in [-0.39, 0.29) is 16.3 Å². The molecule has 9 heteroatoms. The first kappa shape index (κ1) is 19.0. The zero-order valence-corrected chi connectivity index (χ0v) is 14.0. The molecular formula is C15H15F3O4S2. The molecule has 2 aromatic carbocycles. The van der Waals surface area contributed by atoms with E-state index in [4.69, 9.17) is 13.0 Å². The molecule has 24 heavy (non-hydrogen) atoms. The van der Waals surface area contributed by atoms with Gasteiger partial charge in [-0.1, -0.05) is 30.3 Å². The van der Waals surface area contributed by atoms with Gasteiger partial charge in [-0.25, -0.2) is 8.42 Å². The lowest BCUT2D eigenvalue weighted by Gasteiger charge is -2.08. The number of alkyl halides is 3. The van der Waals surface area contributed by atoms with Crippen LogP contribution in [0.3, 0.4) is 0 Å². The Bertz CT molecular complexity index is 800. The fourth-order valence-corrected chi connectivity index (χ4v) is 4.81. The van der Waals surface area contributed by atoms with E-state index in [1.807, 2.05) is 0 Å². The molecule has 1 saturated heterocycles. The molecule has 1 heterocycles. The van der Waals surface area contributed by atoms with E-state index in [0.29, 0.717) is 0 Å². The predicted molar refractivity (Wildman–Crippen MR) is 85.4 cm³/mol. The molecule has 0 spiro atoms. The van der Waals surface area contributed by atoms with Crippen LogP contribution in [0.1, 0.15) is 12.8 Å². The average Bonchev–Trinajstić information content (AvgIpc) is 2.91. The van der Waals surface area contributed by atoms with Gasteiger partial charge in [-0.3, -0.25) is 0 Å². The van der Waals surface area contributed by atoms with Gasteiger partial charge in [0.15, 0.2) is 15.0 Å². The Morgan fingerprint density at radius 1 is 1.12 bits per heavy atom. The summed E-state index contributed by atoms with van der Waals surface area (Å²) in [5, 5.41) is 12.6. The Morgan fingerprint density at radius 3 is 2.25 bits per heavy atom. The molecule has 4 nitrogen and oxygen atoms in total. The van der Waals surface area contributed by atoms with Crippen LogP contribution in [0.5, 0.6) is 0 Å². The number of halogens is 3. The summed E-state index contributed by atoms with van der Waals surface area (Å²) in [7, 11) is -6.04. The van der Waals surface area contributed by atoms with Gasteiger partial charge in [0.25, 0.3) is 0 Å². The minimum Gasteiger partial charge on any atom is -0.741 e. The quantitative estimate of drug-likeness (QED) is 0.469. The fraction of sp³-hybridized carbons (Fsp3) is 0.333. The maximum absolute atomic E-state index is 10.7. The normalized spacial score (nSPS) is 21.4. The van der Waals surface area contributed by atoms with Crippen LogP contribution in [0.25, 0.3) is 10.8 Å². The smallest absolute Gasteiger partial charge is 0.485 e. The third kappa shape index (κ3) is 4.41. The second-order valence-electron chi connectivity index (χ2n) is 5.11. The summed E-state index contributed by atoms with van der Waals surface area (Å²) in [5.41, 5.74) is -5.77. The standard InChI is InChI=1S/C14H15OS.CHF3O3S/c15-14-9-4-10-16(14)13-8-3-6-11-5-1-2-7-12(11)13;2-1(3,4)8(5,6)7/h1-3,5-8,14-15H,4,9-10H2;(H,5,6,7)/q+1;/p-1. The van der Waals surface area contributed by atoms with Gasteiger partial charge < -0.3 is 9.66 Å². The largest absolute Gasteiger partial charge is 0.741 e. The molecule has 0 radical (unpaired) electrons. The molecule has 0 amide bonds. The molecule has 0 aromatic heterocycles. The number of rotatable bonds is 1. The van der Waals surface area contributed by atoms with E-state index >= 15 is 0 Å². The van der Waals surface area contributed by atoms with Gasteiger partial charge in [0.05, 0.1) is 10.9 Å². The van der Waals surface area contributed by atoms with Crippen molar-refractivity contribution >= 4 is 31.8 Å². The van der Waals surface area contributed by atoms with E-state index in [1.54, 1.807) is 0 Å². The molecule has 1 aliphatic heterocycles. The topological polar surface area (TPSA) is 77.4 Å². The zero-order valence-electron chi connectivity index (χ0n) is 12.4. The minimum absolute atomic E-state index is 0.0456. The Labute approximate surface area is 140 Å². The van der Waals surface area contributed by atoms with Gasteiger partial charge in [-0.15, -0.1) is 0 Å². The van der Waals surface area contributed by atoms with E-state index in [0.717, 1.165) is 18.6 Å². The highest BCUT2D eigenvalue weighted by Gasteiger charge is 2.38. The molecule has 1 aliphatic rings. The molecule has 1 N–H and O–H groups in total. The lowest BCUT2D eigenvalue weighted by atomic mass is 10.1. The highest BCUT2D eigenvalue weighted by molar-refractivity contribution is 7.97. The molecule has 0 saturated carbocycles. The molecule has 0 bridgehead atoms. The van der Waals surface area contributed by atoms with E-state index < -0.39 is 15.6 Å². The van der Waals surface area contributed by atoms with Crippen LogP contribution in [0.4, 0.5) is 13.2 Å². The van der Waals surface area contributed by atoms with Crippen LogP contribution < -0.4 is 0 Å². The number of aliphatic hydroxyl groups excluding tert-OH is 1. The Balaban J connectivity index is 0.000000224. The Kier molecular flexibility index (Phi) is 5.79. The molecule has 2 atom stereocenters. The van der Waals surface area contributed by atoms with Crippen molar-refractivity contribution in [2.24, 2.45) is 0 Å². The lowest BCUT2D eigenvalue weighted by Crippen LogP contribution is -2.21. The van der Waals surface area contributed by atoms with Crippen LogP contribution in [-0.4, -0.2) is 34.8 Å². The summed E-state index contributed by atoms with van der Waals surface area (Å²) in [5.74, 6) is 1.15. The lowest BCUT2D eigenvalue weighted by molar-refractivity contribution is -0.0517.